The van der Waals surface area contributed by atoms with E-state index in [1.54, 1.807) is 18.2 Å². The molecule has 0 unspecified atom stereocenters. The van der Waals surface area contributed by atoms with Crippen LogP contribution in [0.3, 0.4) is 0 Å². The molecule has 0 saturated heterocycles. The van der Waals surface area contributed by atoms with Crippen LogP contribution in [0.15, 0.2) is 47.4 Å². The Balaban J connectivity index is 2.25. The highest BCUT2D eigenvalue weighted by Gasteiger charge is 2.09. The minimum absolute atomic E-state index is 0.0287. The minimum atomic E-state index is -0.970. The summed E-state index contributed by atoms with van der Waals surface area (Å²) in [5, 5.41) is 0. The van der Waals surface area contributed by atoms with Crippen molar-refractivity contribution in [3.05, 3.63) is 65.2 Å². The quantitative estimate of drug-likeness (QED) is 0.458. The molecule has 5 heteroatoms. The molecule has 0 bridgehead atoms. The Kier molecular flexibility index (Phi) is 5.33. The molecule has 2 aromatic rings. The number of carbonyl (C=O) groups is 1. The zero-order chi connectivity index (χ0) is 16.1. The second-order valence-corrected chi connectivity index (χ2v) is 5.26. The molecule has 0 aliphatic heterocycles. The summed E-state index contributed by atoms with van der Waals surface area (Å²) < 4.78 is 31.8. The highest BCUT2D eigenvalue weighted by atomic mass is 32.2. The number of hydrogen-bond acceptors (Lipinski definition) is 3. The number of carbonyl (C=O) groups excluding carboxylic acids is 1. The average Bonchev–Trinajstić information content (AvgIpc) is 2.55. The molecule has 0 radical (unpaired) electrons. The maximum absolute atomic E-state index is 13.5. The summed E-state index contributed by atoms with van der Waals surface area (Å²) in [7, 11) is 1.53. The predicted molar refractivity (Wildman–Crippen MR) is 84.5 cm³/mol. The number of halogens is 2. The van der Waals surface area contributed by atoms with Crippen molar-refractivity contribution in [3.63, 3.8) is 0 Å². The van der Waals surface area contributed by atoms with Crippen molar-refractivity contribution in [2.75, 3.05) is 13.4 Å². The molecule has 0 aliphatic carbocycles. The van der Waals surface area contributed by atoms with Crippen LogP contribution < -0.4 is 4.74 Å². The van der Waals surface area contributed by atoms with Gasteiger partial charge in [0.25, 0.3) is 0 Å². The van der Waals surface area contributed by atoms with Gasteiger partial charge in [0.1, 0.15) is 5.75 Å². The fraction of sp³-hybridized carbons (Fsp3) is 0.118. The van der Waals surface area contributed by atoms with Crippen molar-refractivity contribution >= 4 is 23.6 Å². The Morgan fingerprint density at radius 1 is 1.23 bits per heavy atom. The number of thioether (sulfide) groups is 1. The fourth-order valence-corrected chi connectivity index (χ4v) is 2.45. The topological polar surface area (TPSA) is 26.3 Å². The lowest BCUT2D eigenvalue weighted by Gasteiger charge is -2.07. The molecular weight excluding hydrogens is 306 g/mol. The molecule has 0 atom stereocenters. The van der Waals surface area contributed by atoms with Crippen LogP contribution >= 0.6 is 11.8 Å². The monoisotopic (exact) mass is 320 g/mol. The van der Waals surface area contributed by atoms with Gasteiger partial charge in [-0.05, 0) is 42.7 Å². The molecular formula is C17H14F2O2S. The Labute approximate surface area is 131 Å². The molecule has 22 heavy (non-hydrogen) atoms. The number of ketones is 1. The maximum atomic E-state index is 13.5. The van der Waals surface area contributed by atoms with Crippen LogP contribution in [0.2, 0.25) is 0 Å². The van der Waals surface area contributed by atoms with Crippen molar-refractivity contribution in [1.29, 1.82) is 0 Å². The van der Waals surface area contributed by atoms with Crippen LogP contribution in [0.5, 0.6) is 5.75 Å². The number of ether oxygens (including phenoxy) is 1. The van der Waals surface area contributed by atoms with Gasteiger partial charge in [-0.25, -0.2) is 8.78 Å². The lowest BCUT2D eigenvalue weighted by Crippen LogP contribution is -1.97. The standard InChI is InChI=1S/C17H14F2O2S/c1-21-15-10-12(7-9-16(15)22-2)14(20)8-6-11-4-3-5-13(18)17(11)19/h3-10H,1-2H3. The summed E-state index contributed by atoms with van der Waals surface area (Å²) in [5.74, 6) is -1.62. The van der Waals surface area contributed by atoms with Crippen molar-refractivity contribution in [1.82, 2.24) is 0 Å². The molecule has 2 rings (SSSR count). The van der Waals surface area contributed by atoms with Crippen molar-refractivity contribution < 1.29 is 18.3 Å². The van der Waals surface area contributed by atoms with E-state index in [1.165, 1.54) is 43.2 Å². The zero-order valence-electron chi connectivity index (χ0n) is 12.1. The number of rotatable bonds is 5. The van der Waals surface area contributed by atoms with E-state index in [4.69, 9.17) is 4.74 Å². The third-order valence-corrected chi connectivity index (χ3v) is 3.84. The highest BCUT2D eigenvalue weighted by Crippen LogP contribution is 2.28. The zero-order valence-corrected chi connectivity index (χ0v) is 12.9. The van der Waals surface area contributed by atoms with Crippen molar-refractivity contribution in [2.45, 2.75) is 4.90 Å². The van der Waals surface area contributed by atoms with Gasteiger partial charge in [0.05, 0.1) is 7.11 Å². The van der Waals surface area contributed by atoms with Crippen LogP contribution in [-0.4, -0.2) is 19.1 Å². The van der Waals surface area contributed by atoms with E-state index in [9.17, 15) is 13.6 Å². The third kappa shape index (κ3) is 3.54. The lowest BCUT2D eigenvalue weighted by atomic mass is 10.1. The summed E-state index contributed by atoms with van der Waals surface area (Å²) in [6, 6.07) is 8.90. The fourth-order valence-electron chi connectivity index (χ4n) is 1.90. The molecule has 0 saturated carbocycles. The Hall–Kier alpha value is -2.14. The predicted octanol–water partition coefficient (Wildman–Crippen LogP) is 4.59. The molecule has 0 amide bonds. The number of benzene rings is 2. The molecule has 114 valence electrons. The van der Waals surface area contributed by atoms with E-state index in [-0.39, 0.29) is 11.3 Å². The largest absolute Gasteiger partial charge is 0.496 e. The summed E-state index contributed by atoms with van der Waals surface area (Å²) in [6.45, 7) is 0. The van der Waals surface area contributed by atoms with E-state index in [1.807, 2.05) is 6.26 Å². The van der Waals surface area contributed by atoms with Gasteiger partial charge in [-0.2, -0.15) is 0 Å². The molecule has 0 N–H and O–H groups in total. The van der Waals surface area contributed by atoms with E-state index in [0.29, 0.717) is 11.3 Å². The minimum Gasteiger partial charge on any atom is -0.496 e. The van der Waals surface area contributed by atoms with Crippen LogP contribution in [0.1, 0.15) is 15.9 Å². The first-order valence-electron chi connectivity index (χ1n) is 6.45. The molecule has 2 nitrogen and oxygen atoms in total. The molecule has 0 heterocycles. The Morgan fingerprint density at radius 3 is 2.68 bits per heavy atom. The van der Waals surface area contributed by atoms with Gasteiger partial charge < -0.3 is 4.74 Å². The van der Waals surface area contributed by atoms with E-state index in [2.05, 4.69) is 0 Å². The van der Waals surface area contributed by atoms with Gasteiger partial charge in [0.2, 0.25) is 0 Å². The molecule has 0 aliphatic rings. The highest BCUT2D eigenvalue weighted by molar-refractivity contribution is 7.98. The van der Waals surface area contributed by atoms with Crippen LogP contribution in [0, 0.1) is 11.6 Å². The molecule has 2 aromatic carbocycles. The lowest BCUT2D eigenvalue weighted by molar-refractivity contribution is 0.104. The first-order chi connectivity index (χ1) is 10.6. The van der Waals surface area contributed by atoms with Gasteiger partial charge in [-0.15, -0.1) is 11.8 Å². The normalized spacial score (nSPS) is 10.9. The van der Waals surface area contributed by atoms with Crippen molar-refractivity contribution in [3.8, 4) is 5.75 Å². The molecule has 0 fully saturated rings. The van der Waals surface area contributed by atoms with Crippen LogP contribution in [0.4, 0.5) is 8.78 Å². The Bertz CT molecular complexity index is 727. The summed E-state index contributed by atoms with van der Waals surface area (Å²) in [6.07, 6.45) is 4.38. The summed E-state index contributed by atoms with van der Waals surface area (Å²) >= 11 is 1.51. The smallest absolute Gasteiger partial charge is 0.185 e. The second kappa shape index (κ2) is 7.22. The SMILES string of the molecule is COc1cc(C(=O)C=Cc2cccc(F)c2F)ccc1SC. The number of methoxy groups -OCH3 is 1. The van der Waals surface area contributed by atoms with E-state index in [0.717, 1.165) is 11.0 Å². The van der Waals surface area contributed by atoms with Gasteiger partial charge in [0.15, 0.2) is 17.4 Å². The van der Waals surface area contributed by atoms with Crippen molar-refractivity contribution in [2.24, 2.45) is 0 Å². The summed E-state index contributed by atoms with van der Waals surface area (Å²) in [4.78, 5) is 13.0. The van der Waals surface area contributed by atoms with Crippen LogP contribution in [-0.2, 0) is 0 Å². The third-order valence-electron chi connectivity index (χ3n) is 3.06. The van der Waals surface area contributed by atoms with Crippen LogP contribution in [0.25, 0.3) is 6.08 Å². The average molecular weight is 320 g/mol. The van der Waals surface area contributed by atoms with Gasteiger partial charge >= 0.3 is 0 Å². The van der Waals surface area contributed by atoms with E-state index < -0.39 is 11.6 Å². The summed E-state index contributed by atoms with van der Waals surface area (Å²) in [5.41, 5.74) is 0.448. The van der Waals surface area contributed by atoms with Gasteiger partial charge in [-0.3, -0.25) is 4.79 Å². The number of hydrogen-bond donors (Lipinski definition) is 0. The Morgan fingerprint density at radius 2 is 2.00 bits per heavy atom. The second-order valence-electron chi connectivity index (χ2n) is 4.41. The first kappa shape index (κ1) is 16.2. The van der Waals surface area contributed by atoms with Gasteiger partial charge in [0, 0.05) is 16.0 Å². The van der Waals surface area contributed by atoms with Gasteiger partial charge in [-0.1, -0.05) is 12.1 Å². The molecule has 0 spiro atoms. The first-order valence-corrected chi connectivity index (χ1v) is 7.67. The number of allylic oxidation sites excluding steroid dienone is 1. The van der Waals surface area contributed by atoms with E-state index >= 15 is 0 Å². The molecule has 0 aromatic heterocycles. The maximum Gasteiger partial charge on any atom is 0.185 e.